The van der Waals surface area contributed by atoms with Crippen LogP contribution in [0.15, 0.2) is 103 Å². The van der Waals surface area contributed by atoms with E-state index < -0.39 is 22.7 Å². The van der Waals surface area contributed by atoms with Crippen molar-refractivity contribution in [2.24, 2.45) is 0 Å². The Morgan fingerprint density at radius 1 is 0.667 bits per heavy atom. The first kappa shape index (κ1) is 22.7. The molecule has 1 saturated carbocycles. The smallest absolute Gasteiger partial charge is 0.178 e. The first-order chi connectivity index (χ1) is 19.1. The minimum absolute atomic E-state index is 0.440. The quantitative estimate of drug-likeness (QED) is 0.229. The zero-order chi connectivity index (χ0) is 26.2. The normalized spacial score (nSPS) is 17.6. The lowest BCUT2D eigenvalue weighted by Gasteiger charge is -2.39. The van der Waals surface area contributed by atoms with Gasteiger partial charge < -0.3 is 4.74 Å². The van der Waals surface area contributed by atoms with Gasteiger partial charge in [0, 0.05) is 39.1 Å². The largest absolute Gasteiger partial charge is 0.472 e. The minimum Gasteiger partial charge on any atom is -0.472 e. The highest BCUT2D eigenvalue weighted by Gasteiger charge is 2.51. The number of hydrogen-bond donors (Lipinski definition) is 0. The fraction of sp³-hybridized carbons (Fsp3) is 0.167. The van der Waals surface area contributed by atoms with E-state index >= 15 is 4.39 Å². The predicted octanol–water partition coefficient (Wildman–Crippen LogP) is 9.31. The Morgan fingerprint density at radius 2 is 1.28 bits per heavy atom. The maximum absolute atomic E-state index is 15.7. The zero-order valence-electron chi connectivity index (χ0n) is 21.4. The second-order valence-electron chi connectivity index (χ2n) is 11.0. The Bertz CT molecular complexity index is 1760. The fourth-order valence-corrected chi connectivity index (χ4v) is 7.58. The number of rotatable bonds is 2. The number of fused-ring (bicyclic) bond motifs is 10. The molecule has 1 fully saturated rings. The van der Waals surface area contributed by atoms with Gasteiger partial charge in [-0.05, 0) is 47.1 Å². The molecule has 1 spiro atoms. The molecule has 0 unspecified atom stereocenters. The van der Waals surface area contributed by atoms with Gasteiger partial charge in [-0.25, -0.2) is 8.78 Å². The molecule has 3 heteroatoms. The van der Waals surface area contributed by atoms with E-state index in [0.717, 1.165) is 76.1 Å². The molecule has 0 radical (unpaired) electrons. The van der Waals surface area contributed by atoms with Gasteiger partial charge in [0.05, 0.1) is 0 Å². The molecule has 0 N–H and O–H groups in total. The van der Waals surface area contributed by atoms with Crippen LogP contribution in [-0.4, -0.2) is 0 Å². The zero-order valence-corrected chi connectivity index (χ0v) is 21.4. The lowest BCUT2D eigenvalue weighted by molar-refractivity contribution is 0.163. The molecule has 39 heavy (non-hydrogen) atoms. The Morgan fingerprint density at radius 3 is 1.95 bits per heavy atom. The monoisotopic (exact) mass is 512 g/mol. The molecule has 5 aromatic carbocycles. The SMILES string of the molecule is Fc1cc(F)c2c(c1)-c1c(c3c(c4ccccc14)OC(c1ccccc1)(c1ccccc1)C=C3)C21CCCC1. The predicted molar refractivity (Wildman–Crippen MR) is 152 cm³/mol. The molecule has 0 atom stereocenters. The molecule has 5 aromatic rings. The third-order valence-corrected chi connectivity index (χ3v) is 9.10. The Balaban J connectivity index is 1.49. The maximum atomic E-state index is 15.7. The summed E-state index contributed by atoms with van der Waals surface area (Å²) in [5.41, 5.74) is 5.17. The Labute approximate surface area is 226 Å². The summed E-state index contributed by atoms with van der Waals surface area (Å²) in [6.45, 7) is 0. The summed E-state index contributed by atoms with van der Waals surface area (Å²) >= 11 is 0. The van der Waals surface area contributed by atoms with E-state index in [1.807, 2.05) is 48.5 Å². The topological polar surface area (TPSA) is 9.23 Å². The van der Waals surface area contributed by atoms with E-state index in [2.05, 4.69) is 48.6 Å². The standard InChI is InChI=1S/C36H26F2O/c37-25-21-29-31-26-15-7-8-16-27(26)34-28(33(31)35(18-9-10-19-35)32(29)30(38)22-25)17-20-36(39-34,23-11-3-1-4-12-23)24-13-5-2-6-14-24/h1-8,11-17,20-22H,9-10,18-19H2. The van der Waals surface area contributed by atoms with Gasteiger partial charge in [0.25, 0.3) is 0 Å². The summed E-state index contributed by atoms with van der Waals surface area (Å²) in [5, 5.41) is 1.93. The van der Waals surface area contributed by atoms with Gasteiger partial charge >= 0.3 is 0 Å². The van der Waals surface area contributed by atoms with Gasteiger partial charge in [0.2, 0.25) is 0 Å². The van der Waals surface area contributed by atoms with Crippen LogP contribution in [0, 0.1) is 11.6 Å². The molecular weight excluding hydrogens is 486 g/mol. The van der Waals surface area contributed by atoms with Crippen LogP contribution in [0.25, 0.3) is 28.0 Å². The third kappa shape index (κ3) is 2.99. The first-order valence-electron chi connectivity index (χ1n) is 13.7. The van der Waals surface area contributed by atoms with Crippen molar-refractivity contribution in [2.45, 2.75) is 36.7 Å². The maximum Gasteiger partial charge on any atom is 0.178 e. The molecule has 0 bridgehead atoms. The van der Waals surface area contributed by atoms with Gasteiger partial charge in [-0.15, -0.1) is 0 Å². The van der Waals surface area contributed by atoms with Crippen molar-refractivity contribution in [3.8, 4) is 16.9 Å². The Hall–Kier alpha value is -4.24. The van der Waals surface area contributed by atoms with Crippen molar-refractivity contribution in [3.05, 3.63) is 143 Å². The van der Waals surface area contributed by atoms with Crippen molar-refractivity contribution in [2.75, 3.05) is 0 Å². The Kier molecular flexibility index (Phi) is 4.74. The molecule has 1 heterocycles. The van der Waals surface area contributed by atoms with Gasteiger partial charge in [-0.3, -0.25) is 0 Å². The van der Waals surface area contributed by atoms with Gasteiger partial charge in [0.15, 0.2) is 5.60 Å². The second kappa shape index (κ2) is 8.13. The summed E-state index contributed by atoms with van der Waals surface area (Å²) in [4.78, 5) is 0. The molecular formula is C36H26F2O. The lowest BCUT2D eigenvalue weighted by atomic mass is 9.73. The van der Waals surface area contributed by atoms with Crippen molar-refractivity contribution >= 4 is 16.8 Å². The number of halogens is 2. The highest BCUT2D eigenvalue weighted by atomic mass is 19.1. The number of ether oxygens (including phenoxy) is 1. The van der Waals surface area contributed by atoms with Crippen LogP contribution in [0.2, 0.25) is 0 Å². The van der Waals surface area contributed by atoms with Crippen molar-refractivity contribution < 1.29 is 13.5 Å². The van der Waals surface area contributed by atoms with Crippen LogP contribution in [-0.2, 0) is 11.0 Å². The average molecular weight is 513 g/mol. The van der Waals surface area contributed by atoms with Crippen LogP contribution in [0.1, 0.15) is 53.5 Å². The number of hydrogen-bond acceptors (Lipinski definition) is 1. The minimum atomic E-state index is -0.821. The molecule has 0 saturated heterocycles. The molecule has 2 aliphatic carbocycles. The molecule has 0 aromatic heterocycles. The van der Waals surface area contributed by atoms with E-state index in [-0.39, 0.29) is 0 Å². The van der Waals surface area contributed by atoms with E-state index in [0.29, 0.717) is 11.1 Å². The van der Waals surface area contributed by atoms with Crippen LogP contribution in [0.3, 0.4) is 0 Å². The fourth-order valence-electron chi connectivity index (χ4n) is 7.58. The number of benzene rings is 5. The van der Waals surface area contributed by atoms with Crippen molar-refractivity contribution in [3.63, 3.8) is 0 Å². The third-order valence-electron chi connectivity index (χ3n) is 9.10. The van der Waals surface area contributed by atoms with E-state index in [1.54, 1.807) is 0 Å². The summed E-state index contributed by atoms with van der Waals surface area (Å²) < 4.78 is 37.7. The van der Waals surface area contributed by atoms with Gasteiger partial charge in [-0.1, -0.05) is 104 Å². The van der Waals surface area contributed by atoms with Gasteiger partial charge in [0.1, 0.15) is 17.4 Å². The lowest BCUT2D eigenvalue weighted by Crippen LogP contribution is -2.35. The van der Waals surface area contributed by atoms with Crippen LogP contribution < -0.4 is 4.74 Å². The molecule has 8 rings (SSSR count). The van der Waals surface area contributed by atoms with E-state index in [1.165, 1.54) is 6.07 Å². The van der Waals surface area contributed by atoms with Crippen LogP contribution in [0.4, 0.5) is 8.78 Å². The van der Waals surface area contributed by atoms with Crippen molar-refractivity contribution in [1.29, 1.82) is 0 Å². The summed E-state index contributed by atoms with van der Waals surface area (Å²) in [5.74, 6) is -0.169. The van der Waals surface area contributed by atoms with E-state index in [4.69, 9.17) is 4.74 Å². The molecule has 1 aliphatic heterocycles. The molecule has 190 valence electrons. The van der Waals surface area contributed by atoms with Gasteiger partial charge in [-0.2, -0.15) is 0 Å². The molecule has 1 nitrogen and oxygen atoms in total. The van der Waals surface area contributed by atoms with Crippen molar-refractivity contribution in [1.82, 2.24) is 0 Å². The first-order valence-corrected chi connectivity index (χ1v) is 13.7. The summed E-state index contributed by atoms with van der Waals surface area (Å²) in [6.07, 6.45) is 8.05. The second-order valence-corrected chi connectivity index (χ2v) is 11.0. The van der Waals surface area contributed by atoms with Crippen LogP contribution >= 0.6 is 0 Å². The summed E-state index contributed by atoms with van der Waals surface area (Å²) in [6, 6.07) is 31.3. The highest BCUT2D eigenvalue weighted by Crippen LogP contribution is 2.63. The molecule has 3 aliphatic rings. The average Bonchev–Trinajstić information content (AvgIpc) is 3.57. The summed E-state index contributed by atoms with van der Waals surface area (Å²) in [7, 11) is 0. The van der Waals surface area contributed by atoms with E-state index in [9.17, 15) is 4.39 Å². The molecule has 0 amide bonds. The van der Waals surface area contributed by atoms with Crippen LogP contribution in [0.5, 0.6) is 5.75 Å². The highest BCUT2D eigenvalue weighted by molar-refractivity contribution is 6.08.